The molecule has 0 bridgehead atoms. The molecular weight excluding hydrogens is 281 g/mol. The van der Waals surface area contributed by atoms with Crippen LogP contribution >= 0.6 is 23.2 Å². The number of amides is 1. The number of benzene rings is 1. The van der Waals surface area contributed by atoms with Crippen molar-refractivity contribution in [2.45, 2.75) is 38.6 Å². The van der Waals surface area contributed by atoms with Gasteiger partial charge in [-0.15, -0.1) is 0 Å². The van der Waals surface area contributed by atoms with E-state index in [0.29, 0.717) is 21.7 Å². The number of hydrogen-bond acceptors (Lipinski definition) is 1. The van der Waals surface area contributed by atoms with Gasteiger partial charge in [-0.25, -0.2) is 0 Å². The predicted octanol–water partition coefficient (Wildman–Crippen LogP) is 4.64. The number of hydrogen-bond donors (Lipinski definition) is 0. The fourth-order valence-corrected chi connectivity index (χ4v) is 3.20. The highest BCUT2D eigenvalue weighted by molar-refractivity contribution is 6.35. The van der Waals surface area contributed by atoms with E-state index in [2.05, 4.69) is 6.92 Å². The van der Waals surface area contributed by atoms with E-state index in [1.165, 1.54) is 12.8 Å². The highest BCUT2D eigenvalue weighted by Crippen LogP contribution is 2.28. The summed E-state index contributed by atoms with van der Waals surface area (Å²) < 4.78 is 0. The van der Waals surface area contributed by atoms with Gasteiger partial charge in [0.25, 0.3) is 5.91 Å². The van der Waals surface area contributed by atoms with Gasteiger partial charge in [0.1, 0.15) is 0 Å². The first-order valence-corrected chi connectivity index (χ1v) is 7.46. The van der Waals surface area contributed by atoms with Gasteiger partial charge in [0, 0.05) is 28.7 Å². The minimum absolute atomic E-state index is 0.00366. The lowest BCUT2D eigenvalue weighted by Crippen LogP contribution is -2.39. The van der Waals surface area contributed by atoms with Gasteiger partial charge in [-0.2, -0.15) is 0 Å². The molecule has 0 aliphatic heterocycles. The third kappa shape index (κ3) is 3.64. The SMILES string of the molecule is CC1CCC(N(C)C(=O)c2cc(Cl)cc(Cl)c2)CC1. The first kappa shape index (κ1) is 14.7. The Morgan fingerprint density at radius 3 is 2.16 bits per heavy atom. The Hall–Kier alpha value is -0.730. The molecular formula is C15H19Cl2NO. The molecule has 1 amide bonds. The second kappa shape index (κ2) is 6.15. The minimum atomic E-state index is 0.00366. The van der Waals surface area contributed by atoms with Crippen molar-refractivity contribution in [3.05, 3.63) is 33.8 Å². The zero-order valence-corrected chi connectivity index (χ0v) is 12.8. The van der Waals surface area contributed by atoms with Gasteiger partial charge in [-0.05, 0) is 49.8 Å². The second-order valence-electron chi connectivity index (χ2n) is 5.49. The summed E-state index contributed by atoms with van der Waals surface area (Å²) >= 11 is 11.9. The van der Waals surface area contributed by atoms with Crippen molar-refractivity contribution in [2.24, 2.45) is 5.92 Å². The first-order valence-electron chi connectivity index (χ1n) is 6.70. The van der Waals surface area contributed by atoms with Crippen LogP contribution in [-0.4, -0.2) is 23.9 Å². The summed E-state index contributed by atoms with van der Waals surface area (Å²) in [5.41, 5.74) is 0.568. The molecule has 1 saturated carbocycles. The summed E-state index contributed by atoms with van der Waals surface area (Å²) in [7, 11) is 1.87. The molecule has 0 unspecified atom stereocenters. The van der Waals surface area contributed by atoms with Crippen LogP contribution in [0.1, 0.15) is 43.0 Å². The van der Waals surface area contributed by atoms with E-state index in [0.717, 1.165) is 18.8 Å². The lowest BCUT2D eigenvalue weighted by atomic mass is 9.86. The largest absolute Gasteiger partial charge is 0.339 e. The number of rotatable bonds is 2. The van der Waals surface area contributed by atoms with E-state index in [4.69, 9.17) is 23.2 Å². The molecule has 1 aromatic rings. The Balaban J connectivity index is 2.10. The molecule has 19 heavy (non-hydrogen) atoms. The minimum Gasteiger partial charge on any atom is -0.339 e. The lowest BCUT2D eigenvalue weighted by molar-refractivity contribution is 0.0679. The van der Waals surface area contributed by atoms with Crippen LogP contribution in [-0.2, 0) is 0 Å². The normalized spacial score (nSPS) is 23.2. The highest BCUT2D eigenvalue weighted by atomic mass is 35.5. The van der Waals surface area contributed by atoms with Crippen molar-refractivity contribution < 1.29 is 4.79 Å². The Labute approximate surface area is 124 Å². The van der Waals surface area contributed by atoms with Crippen LogP contribution in [0.15, 0.2) is 18.2 Å². The Morgan fingerprint density at radius 1 is 1.11 bits per heavy atom. The van der Waals surface area contributed by atoms with Crippen LogP contribution < -0.4 is 0 Å². The number of nitrogens with zero attached hydrogens (tertiary/aromatic N) is 1. The second-order valence-corrected chi connectivity index (χ2v) is 6.36. The summed E-state index contributed by atoms with van der Waals surface area (Å²) in [6.45, 7) is 2.27. The average Bonchev–Trinajstić information content (AvgIpc) is 2.37. The van der Waals surface area contributed by atoms with Gasteiger partial charge in [0.05, 0.1) is 0 Å². The summed E-state index contributed by atoms with van der Waals surface area (Å²) in [6.07, 6.45) is 4.55. The maximum Gasteiger partial charge on any atom is 0.253 e. The lowest BCUT2D eigenvalue weighted by Gasteiger charge is -2.33. The third-order valence-electron chi connectivity index (χ3n) is 3.96. The molecule has 104 valence electrons. The molecule has 2 rings (SSSR count). The molecule has 2 nitrogen and oxygen atoms in total. The molecule has 4 heteroatoms. The molecule has 1 aliphatic rings. The molecule has 1 aromatic carbocycles. The van der Waals surface area contributed by atoms with Crippen LogP contribution in [0.2, 0.25) is 10.0 Å². The average molecular weight is 300 g/mol. The maximum atomic E-state index is 12.4. The number of carbonyl (C=O) groups excluding carboxylic acids is 1. The molecule has 1 aliphatic carbocycles. The molecule has 0 spiro atoms. The molecule has 0 heterocycles. The van der Waals surface area contributed by atoms with Crippen LogP contribution in [0.3, 0.4) is 0 Å². The van der Waals surface area contributed by atoms with Crippen molar-refractivity contribution in [2.75, 3.05) is 7.05 Å². The van der Waals surface area contributed by atoms with Crippen molar-refractivity contribution in [1.82, 2.24) is 4.90 Å². The van der Waals surface area contributed by atoms with Gasteiger partial charge in [0.2, 0.25) is 0 Å². The van der Waals surface area contributed by atoms with E-state index in [1.54, 1.807) is 18.2 Å². The summed E-state index contributed by atoms with van der Waals surface area (Å²) in [5.74, 6) is 0.782. The third-order valence-corrected chi connectivity index (χ3v) is 4.40. The Kier molecular flexibility index (Phi) is 4.75. The van der Waals surface area contributed by atoms with Gasteiger partial charge in [-0.3, -0.25) is 4.79 Å². The predicted molar refractivity (Wildman–Crippen MR) is 80.0 cm³/mol. The fraction of sp³-hybridized carbons (Fsp3) is 0.533. The monoisotopic (exact) mass is 299 g/mol. The van der Waals surface area contributed by atoms with Gasteiger partial charge >= 0.3 is 0 Å². The first-order chi connectivity index (χ1) is 8.97. The summed E-state index contributed by atoms with van der Waals surface area (Å²) in [6, 6.07) is 5.33. The van der Waals surface area contributed by atoms with E-state index >= 15 is 0 Å². The Bertz CT molecular complexity index is 447. The van der Waals surface area contributed by atoms with Gasteiger partial charge < -0.3 is 4.90 Å². The van der Waals surface area contributed by atoms with E-state index in [-0.39, 0.29) is 5.91 Å². The van der Waals surface area contributed by atoms with Crippen LogP contribution in [0.4, 0.5) is 0 Å². The molecule has 0 N–H and O–H groups in total. The molecule has 0 radical (unpaired) electrons. The number of carbonyl (C=O) groups is 1. The van der Waals surface area contributed by atoms with Gasteiger partial charge in [0.15, 0.2) is 0 Å². The van der Waals surface area contributed by atoms with E-state index in [1.807, 2.05) is 11.9 Å². The van der Waals surface area contributed by atoms with Gasteiger partial charge in [-0.1, -0.05) is 30.1 Å². The highest BCUT2D eigenvalue weighted by Gasteiger charge is 2.25. The van der Waals surface area contributed by atoms with Crippen molar-refractivity contribution in [1.29, 1.82) is 0 Å². The molecule has 0 aromatic heterocycles. The standard InChI is InChI=1S/C15H19Cl2NO/c1-10-3-5-14(6-4-10)18(2)15(19)11-7-12(16)9-13(17)8-11/h7-10,14H,3-6H2,1-2H3. The van der Waals surface area contributed by atoms with Crippen LogP contribution in [0.5, 0.6) is 0 Å². The maximum absolute atomic E-state index is 12.4. The Morgan fingerprint density at radius 2 is 1.63 bits per heavy atom. The quantitative estimate of drug-likeness (QED) is 0.779. The molecule has 1 fully saturated rings. The van der Waals surface area contributed by atoms with Crippen molar-refractivity contribution in [3.8, 4) is 0 Å². The van der Waals surface area contributed by atoms with Crippen molar-refractivity contribution in [3.63, 3.8) is 0 Å². The fourth-order valence-electron chi connectivity index (χ4n) is 2.68. The van der Waals surface area contributed by atoms with Crippen LogP contribution in [0, 0.1) is 5.92 Å². The zero-order valence-electron chi connectivity index (χ0n) is 11.3. The zero-order chi connectivity index (χ0) is 14.0. The topological polar surface area (TPSA) is 20.3 Å². The van der Waals surface area contributed by atoms with Crippen molar-refractivity contribution >= 4 is 29.1 Å². The van der Waals surface area contributed by atoms with Crippen LogP contribution in [0.25, 0.3) is 0 Å². The summed E-state index contributed by atoms with van der Waals surface area (Å²) in [5, 5.41) is 1.00. The molecule has 0 saturated heterocycles. The molecule has 0 atom stereocenters. The van der Waals surface area contributed by atoms with E-state index in [9.17, 15) is 4.79 Å². The smallest absolute Gasteiger partial charge is 0.253 e. The number of halogens is 2. The summed E-state index contributed by atoms with van der Waals surface area (Å²) in [4.78, 5) is 14.3. The van der Waals surface area contributed by atoms with E-state index < -0.39 is 0 Å².